The molecule has 2 aromatic rings. The lowest BCUT2D eigenvalue weighted by atomic mass is 10.1. The predicted octanol–water partition coefficient (Wildman–Crippen LogP) is 4.90. The van der Waals surface area contributed by atoms with E-state index in [1.54, 1.807) is 0 Å². The molecule has 1 aliphatic rings. The molecule has 0 aliphatic carbocycles. The zero-order chi connectivity index (χ0) is 15.0. The van der Waals surface area contributed by atoms with Crippen LogP contribution in [0.25, 0.3) is 0 Å². The number of nitrogens with one attached hydrogen (secondary N) is 1. The Hall–Kier alpha value is -1.04. The third-order valence-electron chi connectivity index (χ3n) is 3.19. The second-order valence-electron chi connectivity index (χ2n) is 4.65. The largest absolute Gasteiger partial charge is 0.323 e. The van der Waals surface area contributed by atoms with Crippen molar-refractivity contribution in [1.29, 1.82) is 0 Å². The Morgan fingerprint density at radius 3 is 2.86 bits per heavy atom. The van der Waals surface area contributed by atoms with Crippen molar-refractivity contribution in [3.05, 3.63) is 57.3 Å². The molecule has 6 heteroatoms. The first-order valence-corrected chi connectivity index (χ1v) is 8.29. The highest BCUT2D eigenvalue weighted by Crippen LogP contribution is 2.38. The van der Waals surface area contributed by atoms with Crippen molar-refractivity contribution in [2.75, 3.05) is 5.32 Å². The van der Waals surface area contributed by atoms with Crippen LogP contribution in [0.1, 0.15) is 5.56 Å². The summed E-state index contributed by atoms with van der Waals surface area (Å²) in [7, 11) is 0. The maximum atomic E-state index is 13.2. The fourth-order valence-corrected chi connectivity index (χ4v) is 4.29. The Morgan fingerprint density at radius 2 is 2.14 bits per heavy atom. The van der Waals surface area contributed by atoms with Gasteiger partial charge in [-0.2, -0.15) is 0 Å². The number of benzene rings is 2. The van der Waals surface area contributed by atoms with Gasteiger partial charge in [-0.05, 0) is 46.1 Å². The summed E-state index contributed by atoms with van der Waals surface area (Å²) in [5.74, 6) is -0.585. The summed E-state index contributed by atoms with van der Waals surface area (Å²) >= 11 is 10.7. The second-order valence-corrected chi connectivity index (χ2v) is 7.16. The fraction of sp³-hybridized carbons (Fsp3) is 0.133. The van der Waals surface area contributed by atoms with Crippen LogP contribution in [0.3, 0.4) is 0 Å². The molecule has 108 valence electrons. The van der Waals surface area contributed by atoms with E-state index in [-0.39, 0.29) is 16.2 Å². The van der Waals surface area contributed by atoms with Gasteiger partial charge in [0, 0.05) is 9.37 Å². The minimum atomic E-state index is -0.451. The van der Waals surface area contributed by atoms with E-state index in [1.165, 1.54) is 29.5 Å². The van der Waals surface area contributed by atoms with Gasteiger partial charge in [-0.3, -0.25) is 4.79 Å². The summed E-state index contributed by atoms with van der Waals surface area (Å²) in [6.45, 7) is 0. The van der Waals surface area contributed by atoms with Crippen molar-refractivity contribution in [2.24, 2.45) is 0 Å². The van der Waals surface area contributed by atoms with Gasteiger partial charge in [0.05, 0.1) is 16.0 Å². The van der Waals surface area contributed by atoms with E-state index in [0.717, 1.165) is 4.90 Å². The number of halogens is 3. The van der Waals surface area contributed by atoms with Crippen molar-refractivity contribution in [2.45, 2.75) is 16.6 Å². The monoisotopic (exact) mass is 385 g/mol. The topological polar surface area (TPSA) is 29.1 Å². The average molecular weight is 387 g/mol. The Labute approximate surface area is 139 Å². The van der Waals surface area contributed by atoms with Gasteiger partial charge in [-0.1, -0.05) is 29.8 Å². The fourth-order valence-electron chi connectivity index (χ4n) is 2.19. The first-order valence-electron chi connectivity index (χ1n) is 6.24. The van der Waals surface area contributed by atoms with Crippen LogP contribution in [0, 0.1) is 5.82 Å². The van der Waals surface area contributed by atoms with Crippen LogP contribution in [-0.4, -0.2) is 11.2 Å². The third kappa shape index (κ3) is 3.10. The van der Waals surface area contributed by atoms with Crippen LogP contribution < -0.4 is 5.32 Å². The van der Waals surface area contributed by atoms with Crippen molar-refractivity contribution in [3.8, 4) is 0 Å². The minimum absolute atomic E-state index is 0.134. The van der Waals surface area contributed by atoms with Gasteiger partial charge in [-0.25, -0.2) is 4.39 Å². The van der Waals surface area contributed by atoms with Crippen LogP contribution >= 0.6 is 39.3 Å². The number of carbonyl (C=O) groups excluding carboxylic acids is 1. The molecule has 0 saturated carbocycles. The number of hydrogen-bond acceptors (Lipinski definition) is 2. The minimum Gasteiger partial charge on any atom is -0.323 e. The summed E-state index contributed by atoms with van der Waals surface area (Å²) in [5, 5.41) is 2.76. The molecule has 0 spiro atoms. The molecule has 0 aromatic heterocycles. The Morgan fingerprint density at radius 1 is 1.38 bits per heavy atom. The lowest BCUT2D eigenvalue weighted by Crippen LogP contribution is -2.25. The van der Waals surface area contributed by atoms with Gasteiger partial charge in [0.1, 0.15) is 5.82 Å². The highest BCUT2D eigenvalue weighted by molar-refractivity contribution is 9.10. The molecule has 2 aromatic carbocycles. The van der Waals surface area contributed by atoms with Crippen LogP contribution in [0.5, 0.6) is 0 Å². The summed E-state index contributed by atoms with van der Waals surface area (Å²) in [5.41, 5.74) is 1.58. The molecule has 1 atom stereocenters. The molecule has 1 unspecified atom stereocenters. The van der Waals surface area contributed by atoms with Gasteiger partial charge in [0.25, 0.3) is 0 Å². The predicted molar refractivity (Wildman–Crippen MR) is 87.5 cm³/mol. The highest BCUT2D eigenvalue weighted by atomic mass is 79.9. The molecule has 1 aliphatic heterocycles. The van der Waals surface area contributed by atoms with E-state index in [1.807, 2.05) is 24.3 Å². The SMILES string of the molecule is O=C(Nc1c(Cl)cc(F)cc1Br)C1Cc2ccccc2S1. The maximum Gasteiger partial charge on any atom is 0.238 e. The molecule has 21 heavy (non-hydrogen) atoms. The number of fused-ring (bicyclic) bond motifs is 1. The van der Waals surface area contributed by atoms with E-state index in [9.17, 15) is 9.18 Å². The number of hydrogen-bond donors (Lipinski definition) is 1. The molecule has 3 rings (SSSR count). The molecular weight excluding hydrogens is 377 g/mol. The summed E-state index contributed by atoms with van der Waals surface area (Å²) in [6, 6.07) is 10.4. The quantitative estimate of drug-likeness (QED) is 0.795. The summed E-state index contributed by atoms with van der Waals surface area (Å²) in [4.78, 5) is 13.5. The number of carbonyl (C=O) groups is 1. The van der Waals surface area contributed by atoms with Crippen LogP contribution in [-0.2, 0) is 11.2 Å². The molecule has 2 nitrogen and oxygen atoms in total. The van der Waals surface area contributed by atoms with Gasteiger partial charge in [0.15, 0.2) is 0 Å². The number of rotatable bonds is 2. The van der Waals surface area contributed by atoms with Crippen molar-refractivity contribution >= 4 is 50.9 Å². The number of thioether (sulfide) groups is 1. The number of amides is 1. The zero-order valence-electron chi connectivity index (χ0n) is 10.7. The molecule has 1 amide bonds. The molecule has 1 N–H and O–H groups in total. The first-order chi connectivity index (χ1) is 10.0. The van der Waals surface area contributed by atoms with E-state index < -0.39 is 5.82 Å². The van der Waals surface area contributed by atoms with E-state index >= 15 is 0 Å². The standard InChI is InChI=1S/C15H10BrClFNOS/c16-10-6-9(18)7-11(17)14(10)19-15(20)13-5-8-3-1-2-4-12(8)21-13/h1-4,6-7,13H,5H2,(H,19,20). The van der Waals surface area contributed by atoms with E-state index in [2.05, 4.69) is 21.2 Å². The second kappa shape index (κ2) is 5.99. The van der Waals surface area contributed by atoms with Crippen molar-refractivity contribution in [1.82, 2.24) is 0 Å². The molecule has 0 fully saturated rings. The van der Waals surface area contributed by atoms with Crippen LogP contribution in [0.4, 0.5) is 10.1 Å². The molecule has 0 saturated heterocycles. The molecular formula is C15H10BrClFNOS. The normalized spacial score (nSPS) is 16.6. The van der Waals surface area contributed by atoms with Gasteiger partial charge < -0.3 is 5.32 Å². The van der Waals surface area contributed by atoms with Gasteiger partial charge in [-0.15, -0.1) is 11.8 Å². The van der Waals surface area contributed by atoms with Gasteiger partial charge >= 0.3 is 0 Å². The molecule has 1 heterocycles. The van der Waals surface area contributed by atoms with Crippen molar-refractivity contribution in [3.63, 3.8) is 0 Å². The van der Waals surface area contributed by atoms with Crippen molar-refractivity contribution < 1.29 is 9.18 Å². The highest BCUT2D eigenvalue weighted by Gasteiger charge is 2.28. The smallest absolute Gasteiger partial charge is 0.238 e. The third-order valence-corrected chi connectivity index (χ3v) is 5.44. The van der Waals surface area contributed by atoms with Crippen LogP contribution in [0.2, 0.25) is 5.02 Å². The Balaban J connectivity index is 1.77. The maximum absolute atomic E-state index is 13.2. The van der Waals surface area contributed by atoms with E-state index in [4.69, 9.17) is 11.6 Å². The molecule has 0 radical (unpaired) electrons. The average Bonchev–Trinajstić information content (AvgIpc) is 2.86. The lowest BCUT2D eigenvalue weighted by molar-refractivity contribution is -0.115. The number of anilines is 1. The zero-order valence-corrected chi connectivity index (χ0v) is 13.9. The summed E-state index contributed by atoms with van der Waals surface area (Å²) < 4.78 is 13.6. The Bertz CT molecular complexity index is 677. The van der Waals surface area contributed by atoms with Crippen LogP contribution in [0.15, 0.2) is 45.8 Å². The summed E-state index contributed by atoms with van der Waals surface area (Å²) in [6.07, 6.45) is 0.684. The molecule has 0 bridgehead atoms. The first kappa shape index (κ1) is 14.9. The Kier molecular flexibility index (Phi) is 4.24. The van der Waals surface area contributed by atoms with E-state index in [0.29, 0.717) is 16.6 Å². The lowest BCUT2D eigenvalue weighted by Gasteiger charge is -2.13. The van der Waals surface area contributed by atoms with Gasteiger partial charge in [0.2, 0.25) is 5.91 Å².